The van der Waals surface area contributed by atoms with Crippen LogP contribution in [0, 0.1) is 17.8 Å². The molecule has 7 atom stereocenters. The molecule has 65 heavy (non-hydrogen) atoms. The smallest absolute Gasteiger partial charge is 0.253 e. The second-order valence-electron chi connectivity index (χ2n) is 17.9. The highest BCUT2D eigenvalue weighted by molar-refractivity contribution is 6.12. The number of ether oxygens (including phenoxy) is 2. The molecule has 2 heterocycles. The van der Waals surface area contributed by atoms with Gasteiger partial charge in [0.2, 0.25) is 29.5 Å². The summed E-state index contributed by atoms with van der Waals surface area (Å²) in [6.45, 7) is 11.0. The summed E-state index contributed by atoms with van der Waals surface area (Å²) < 4.78 is 12.0. The van der Waals surface area contributed by atoms with E-state index in [0.29, 0.717) is 63.8 Å². The number of imide groups is 1. The Morgan fingerprint density at radius 1 is 0.831 bits per heavy atom. The standard InChI is InChI=1S/C50H72N6O9/c1-9-34(4)47(54(6)45(60)29-33(2)3)41(64-7)31-46(61)55-28-16-19-40(55)48(65-8)35(5)49(62)53-39(30-36-17-12-10-13-18-36)50(63)52-38-23-21-37(22-24-38)32-51-42(57)20-14-11-15-27-56-43(58)25-26-44(56)59/h10,12-13,17-18,21-26,33-35,39-41,47-48H,9,11,14-16,19-20,27-32H2,1-8H3,(H,51,57)(H,52,63)(H,53,62)/t34-,35+,39-,40-,41+,47-,48+/m0/s1. The zero-order valence-electron chi connectivity index (χ0n) is 39.7. The number of amides is 7. The van der Waals surface area contributed by atoms with Gasteiger partial charge >= 0.3 is 0 Å². The van der Waals surface area contributed by atoms with Crippen LogP contribution in [-0.2, 0) is 56.0 Å². The van der Waals surface area contributed by atoms with Gasteiger partial charge in [0.05, 0.1) is 36.6 Å². The average Bonchev–Trinajstić information content (AvgIpc) is 3.90. The molecule has 0 bridgehead atoms. The summed E-state index contributed by atoms with van der Waals surface area (Å²) in [4.78, 5) is 96.0. The van der Waals surface area contributed by atoms with Crippen molar-refractivity contribution in [2.24, 2.45) is 17.8 Å². The van der Waals surface area contributed by atoms with Crippen molar-refractivity contribution in [2.45, 2.75) is 136 Å². The summed E-state index contributed by atoms with van der Waals surface area (Å²) in [6.07, 6.45) is 6.50. The van der Waals surface area contributed by atoms with Crippen LogP contribution < -0.4 is 16.0 Å². The van der Waals surface area contributed by atoms with Crippen LogP contribution in [0.4, 0.5) is 5.69 Å². The Morgan fingerprint density at radius 3 is 2.12 bits per heavy atom. The van der Waals surface area contributed by atoms with E-state index < -0.39 is 30.1 Å². The normalized spacial score (nSPS) is 17.6. The van der Waals surface area contributed by atoms with Gasteiger partial charge in [0.25, 0.3) is 11.8 Å². The fourth-order valence-corrected chi connectivity index (χ4v) is 8.79. The molecule has 4 rings (SSSR count). The molecule has 15 heteroatoms. The summed E-state index contributed by atoms with van der Waals surface area (Å²) in [6, 6.07) is 14.9. The quantitative estimate of drug-likeness (QED) is 0.0820. The number of benzene rings is 2. The van der Waals surface area contributed by atoms with Gasteiger partial charge in [0, 0.05) is 78.0 Å². The first-order valence-electron chi connectivity index (χ1n) is 23.2. The molecule has 3 N–H and O–H groups in total. The minimum Gasteiger partial charge on any atom is -0.379 e. The van der Waals surface area contributed by atoms with Crippen LogP contribution in [0.1, 0.15) is 104 Å². The molecular formula is C50H72N6O9. The third-order valence-electron chi connectivity index (χ3n) is 12.7. The molecule has 1 fully saturated rings. The van der Waals surface area contributed by atoms with Crippen LogP contribution in [-0.4, -0.2) is 121 Å². The van der Waals surface area contributed by atoms with Gasteiger partial charge in [-0.15, -0.1) is 0 Å². The molecule has 356 valence electrons. The molecule has 0 radical (unpaired) electrons. The molecule has 0 aromatic heterocycles. The van der Waals surface area contributed by atoms with Crippen LogP contribution in [0.25, 0.3) is 0 Å². The first-order chi connectivity index (χ1) is 31.1. The van der Waals surface area contributed by atoms with E-state index in [1.165, 1.54) is 24.2 Å². The van der Waals surface area contributed by atoms with Crippen molar-refractivity contribution in [2.75, 3.05) is 39.7 Å². The molecule has 2 aromatic rings. The maximum atomic E-state index is 14.2. The van der Waals surface area contributed by atoms with Gasteiger partial charge in [-0.3, -0.25) is 38.5 Å². The van der Waals surface area contributed by atoms with Gasteiger partial charge in [0.1, 0.15) is 6.04 Å². The number of carbonyl (C=O) groups excluding carboxylic acids is 7. The summed E-state index contributed by atoms with van der Waals surface area (Å²) in [5, 5.41) is 8.84. The van der Waals surface area contributed by atoms with Gasteiger partial charge in [-0.2, -0.15) is 0 Å². The zero-order chi connectivity index (χ0) is 47.6. The van der Waals surface area contributed by atoms with Gasteiger partial charge in [-0.1, -0.05) is 89.9 Å². The lowest BCUT2D eigenvalue weighted by atomic mass is 9.90. The average molecular weight is 901 g/mol. The predicted octanol–water partition coefficient (Wildman–Crippen LogP) is 5.42. The van der Waals surface area contributed by atoms with Crippen molar-refractivity contribution in [1.29, 1.82) is 0 Å². The van der Waals surface area contributed by atoms with Crippen LogP contribution in [0.5, 0.6) is 0 Å². The molecule has 2 aromatic carbocycles. The fraction of sp³-hybridized carbons (Fsp3) is 0.580. The number of unbranched alkanes of at least 4 members (excludes halogenated alkanes) is 2. The highest BCUT2D eigenvalue weighted by atomic mass is 16.5. The number of anilines is 1. The zero-order valence-corrected chi connectivity index (χ0v) is 39.7. The molecule has 2 aliphatic rings. The highest BCUT2D eigenvalue weighted by Gasteiger charge is 2.42. The third-order valence-corrected chi connectivity index (χ3v) is 12.7. The Morgan fingerprint density at radius 2 is 1.51 bits per heavy atom. The Hall–Kier alpha value is -5.41. The number of carbonyl (C=O) groups is 7. The number of likely N-dealkylation sites (tertiary alicyclic amines) is 1. The Labute approximate surface area is 385 Å². The van der Waals surface area contributed by atoms with Crippen molar-refractivity contribution in [3.05, 3.63) is 77.9 Å². The Kier molecular flexibility index (Phi) is 20.8. The summed E-state index contributed by atoms with van der Waals surface area (Å²) >= 11 is 0. The molecule has 1 saturated heterocycles. The molecule has 0 aliphatic carbocycles. The van der Waals surface area contributed by atoms with Crippen LogP contribution in [0.2, 0.25) is 0 Å². The first kappa shape index (κ1) is 52.2. The molecular weight excluding hydrogens is 829 g/mol. The van der Waals surface area contributed by atoms with Crippen LogP contribution in [0.3, 0.4) is 0 Å². The van der Waals surface area contributed by atoms with Gasteiger partial charge < -0.3 is 35.2 Å². The third kappa shape index (κ3) is 15.3. The van der Waals surface area contributed by atoms with E-state index in [9.17, 15) is 33.6 Å². The largest absolute Gasteiger partial charge is 0.379 e. The molecule has 2 aliphatic heterocycles. The number of methoxy groups -OCH3 is 2. The lowest BCUT2D eigenvalue weighted by molar-refractivity contribution is -0.146. The summed E-state index contributed by atoms with van der Waals surface area (Å²) in [5.74, 6) is -2.07. The van der Waals surface area contributed by atoms with Crippen LogP contribution in [0.15, 0.2) is 66.7 Å². The number of nitrogens with zero attached hydrogens (tertiary/aromatic N) is 3. The van der Waals surface area contributed by atoms with E-state index in [1.54, 1.807) is 43.0 Å². The van der Waals surface area contributed by atoms with E-state index in [1.807, 2.05) is 56.3 Å². The second-order valence-corrected chi connectivity index (χ2v) is 17.9. The highest BCUT2D eigenvalue weighted by Crippen LogP contribution is 2.30. The number of nitrogens with one attached hydrogen (secondary N) is 3. The van der Waals surface area contributed by atoms with Gasteiger partial charge in [-0.25, -0.2) is 0 Å². The first-order valence-corrected chi connectivity index (χ1v) is 23.2. The summed E-state index contributed by atoms with van der Waals surface area (Å²) in [5.41, 5.74) is 2.21. The maximum Gasteiger partial charge on any atom is 0.253 e. The number of likely N-dealkylation sites (N-methyl/N-ethyl adjacent to an activating group) is 1. The van der Waals surface area contributed by atoms with Crippen molar-refractivity contribution in [3.63, 3.8) is 0 Å². The predicted molar refractivity (Wildman–Crippen MR) is 249 cm³/mol. The second kappa shape index (κ2) is 25.9. The number of hydrogen-bond donors (Lipinski definition) is 3. The van der Waals surface area contributed by atoms with E-state index in [0.717, 1.165) is 24.0 Å². The van der Waals surface area contributed by atoms with Crippen molar-refractivity contribution in [3.8, 4) is 0 Å². The molecule has 0 spiro atoms. The van der Waals surface area contributed by atoms with E-state index in [2.05, 4.69) is 29.8 Å². The van der Waals surface area contributed by atoms with E-state index in [4.69, 9.17) is 9.47 Å². The van der Waals surface area contributed by atoms with Crippen LogP contribution >= 0.6 is 0 Å². The summed E-state index contributed by atoms with van der Waals surface area (Å²) in [7, 11) is 4.91. The van der Waals surface area contributed by atoms with Crippen molar-refractivity contribution in [1.82, 2.24) is 25.3 Å². The van der Waals surface area contributed by atoms with Gasteiger partial charge in [-0.05, 0) is 60.8 Å². The SMILES string of the molecule is CC[C@H](C)[C@@H]([C@@H](CC(=O)N1CCC[C@H]1[C@H](OC)[C@@H](C)C(=O)N[C@@H](Cc1ccccc1)C(=O)Nc1ccc(CNC(=O)CCCCCN2C(=O)C=CC2=O)cc1)OC)N(C)C(=O)CC(C)C. The molecule has 0 unspecified atom stereocenters. The Bertz CT molecular complexity index is 1920. The fourth-order valence-electron chi connectivity index (χ4n) is 8.79. The lowest BCUT2D eigenvalue weighted by Crippen LogP contribution is -2.54. The number of rotatable bonds is 26. The molecule has 0 saturated carbocycles. The molecule has 15 nitrogen and oxygen atoms in total. The lowest BCUT2D eigenvalue weighted by Gasteiger charge is -2.39. The minimum atomic E-state index is -0.937. The topological polar surface area (TPSA) is 184 Å². The maximum absolute atomic E-state index is 14.2. The van der Waals surface area contributed by atoms with Crippen molar-refractivity contribution >= 4 is 47.0 Å². The minimum absolute atomic E-state index is 0.0158. The van der Waals surface area contributed by atoms with E-state index >= 15 is 0 Å². The van der Waals surface area contributed by atoms with E-state index in [-0.39, 0.29) is 72.2 Å². The Balaban J connectivity index is 1.36. The number of hydrogen-bond acceptors (Lipinski definition) is 9. The monoisotopic (exact) mass is 901 g/mol. The van der Waals surface area contributed by atoms with Crippen molar-refractivity contribution < 1.29 is 43.0 Å². The van der Waals surface area contributed by atoms with Gasteiger partial charge in [0.15, 0.2) is 0 Å². The molecule has 7 amide bonds.